The number of aromatic nitrogens is 4. The Hall–Kier alpha value is -7.38. The Balaban J connectivity index is 1.52. The van der Waals surface area contributed by atoms with Crippen LogP contribution in [0.3, 0.4) is 0 Å². The molecule has 0 fully saturated rings. The lowest BCUT2D eigenvalue weighted by atomic mass is 9.97. The summed E-state index contributed by atoms with van der Waals surface area (Å²) in [5.74, 6) is -36.3. The maximum atomic E-state index is 16.1. The van der Waals surface area contributed by atoms with E-state index in [-0.39, 0.29) is 16.4 Å². The van der Waals surface area contributed by atoms with Crippen LogP contribution in [0, 0.1) is 98.0 Å². The van der Waals surface area contributed by atoms with Crippen LogP contribution in [0.1, 0.15) is 40.2 Å². The molecule has 7 aromatic rings. The number of aromatic amines is 2. The number of allylic oxidation sites excluding steroid dienone is 2. The number of nitrogens with one attached hydrogen (secondary N) is 3. The minimum absolute atomic E-state index is 0.0403. The van der Waals surface area contributed by atoms with Crippen LogP contribution in [0.2, 0.25) is 0 Å². The summed E-state index contributed by atoms with van der Waals surface area (Å²) >= 11 is 0. The summed E-state index contributed by atoms with van der Waals surface area (Å²) in [4.78, 5) is 9.63. The van der Waals surface area contributed by atoms with Crippen molar-refractivity contribution in [3.63, 3.8) is 0 Å². The van der Waals surface area contributed by atoms with Crippen LogP contribution in [0.5, 0.6) is 0 Å². The van der Waals surface area contributed by atoms with Crippen LogP contribution >= 0.6 is 0 Å². The molecular weight excluding hydrogens is 871 g/mol. The zero-order chi connectivity index (χ0) is 44.9. The van der Waals surface area contributed by atoms with Gasteiger partial charge in [-0.05, 0) is 48.5 Å². The Morgan fingerprint density at radius 2 is 0.825 bits per heavy atom. The highest BCUT2D eigenvalue weighted by Crippen LogP contribution is 2.41. The summed E-state index contributed by atoms with van der Waals surface area (Å²) in [6.45, 7) is -0.626. The van der Waals surface area contributed by atoms with Crippen LogP contribution in [-0.4, -0.2) is 19.5 Å². The average molecular weight is 890 g/mol. The van der Waals surface area contributed by atoms with E-state index in [2.05, 4.69) is 20.3 Å². The Bertz CT molecular complexity index is 3350. The molecule has 320 valence electrons. The second-order valence-electron chi connectivity index (χ2n) is 14.0. The zero-order valence-electron chi connectivity index (χ0n) is 30.8. The summed E-state index contributed by atoms with van der Waals surface area (Å²) in [5, 5.41) is 1.60. The Morgan fingerprint density at radius 1 is 0.429 bits per heavy atom. The van der Waals surface area contributed by atoms with E-state index in [1.54, 1.807) is 0 Å². The van der Waals surface area contributed by atoms with Gasteiger partial charge in [-0.1, -0.05) is 12.1 Å². The number of hydrogen-bond acceptors (Lipinski definition) is 2. The molecule has 5 nitrogen and oxygen atoms in total. The number of pyridine rings is 1. The highest BCUT2D eigenvalue weighted by molar-refractivity contribution is 5.88. The van der Waals surface area contributed by atoms with Gasteiger partial charge in [0.1, 0.15) is 0 Å². The van der Waals surface area contributed by atoms with Crippen LogP contribution in [0.25, 0.3) is 16.7 Å². The fourth-order valence-electron chi connectivity index (χ4n) is 7.64. The molecule has 2 aliphatic rings. The SMILES string of the molecule is Fc1c(F)c(F)c(C2=C3CC=C(N3)C(c3c(F)c(F)c(F)c(F)c3F)=c3ccc([nH]3)=c3ccc([nH]3)=C(c3c(F)c(F)c(F)c(F)c3F)c3ccc2n3Cc2ccccn2)c(F)c1F. The van der Waals surface area contributed by atoms with Gasteiger partial charge in [0, 0.05) is 51.4 Å². The van der Waals surface area contributed by atoms with Crippen LogP contribution in [-0.2, 0) is 6.54 Å². The van der Waals surface area contributed by atoms with Gasteiger partial charge in [-0.15, -0.1) is 0 Å². The predicted octanol–water partition coefficient (Wildman–Crippen LogP) is 9.06. The summed E-state index contributed by atoms with van der Waals surface area (Å²) < 4.78 is 230. The molecule has 3 N–H and O–H groups in total. The number of H-pyrrole nitrogens is 2. The smallest absolute Gasteiger partial charge is 0.200 e. The topological polar surface area (TPSA) is 61.4 Å². The molecule has 63 heavy (non-hydrogen) atoms. The minimum Gasteiger partial charge on any atom is -0.358 e. The van der Waals surface area contributed by atoms with Crippen molar-refractivity contribution in [2.45, 2.75) is 13.0 Å². The first-order valence-electron chi connectivity index (χ1n) is 18.0. The lowest BCUT2D eigenvalue weighted by molar-refractivity contribution is 0.376. The number of halogens is 15. The molecule has 0 atom stereocenters. The normalized spacial score (nSPS) is 13.7. The van der Waals surface area contributed by atoms with Gasteiger partial charge >= 0.3 is 0 Å². The summed E-state index contributed by atoms with van der Waals surface area (Å²) in [6, 6.07) is 10.8. The van der Waals surface area contributed by atoms with E-state index in [1.807, 2.05) is 0 Å². The number of rotatable bonds is 5. The van der Waals surface area contributed by atoms with Crippen LogP contribution in [0.4, 0.5) is 65.9 Å². The van der Waals surface area contributed by atoms with E-state index in [0.717, 1.165) is 34.9 Å². The van der Waals surface area contributed by atoms with Crippen LogP contribution < -0.4 is 16.0 Å². The molecule has 0 radical (unpaired) electrons. The lowest BCUT2D eigenvalue weighted by Gasteiger charge is -2.22. The molecular formula is C43H18F15N5. The molecule has 4 aromatic heterocycles. The Kier molecular flexibility index (Phi) is 9.70. The molecule has 0 saturated carbocycles. The number of nitrogens with zero attached hydrogens (tertiary/aromatic N) is 2. The van der Waals surface area contributed by atoms with E-state index < -0.39 is 167 Å². The van der Waals surface area contributed by atoms with Crippen molar-refractivity contribution < 1.29 is 65.9 Å². The molecule has 9 rings (SSSR count). The third-order valence-corrected chi connectivity index (χ3v) is 10.5. The average Bonchev–Trinajstić information content (AvgIpc) is 4.13. The Labute approximate surface area is 340 Å². The van der Waals surface area contributed by atoms with Crippen molar-refractivity contribution in [1.82, 2.24) is 24.8 Å². The van der Waals surface area contributed by atoms with Gasteiger partial charge in [-0.3, -0.25) is 4.98 Å². The van der Waals surface area contributed by atoms with E-state index in [0.29, 0.717) is 0 Å². The van der Waals surface area contributed by atoms with E-state index in [1.165, 1.54) is 36.5 Å². The second-order valence-corrected chi connectivity index (χ2v) is 14.0. The number of fused-ring (bicyclic) bond motifs is 8. The first kappa shape index (κ1) is 41.0. The van der Waals surface area contributed by atoms with Gasteiger partial charge in [0.2, 0.25) is 17.5 Å². The van der Waals surface area contributed by atoms with Gasteiger partial charge in [0.05, 0.1) is 51.0 Å². The van der Waals surface area contributed by atoms with Gasteiger partial charge in [0.25, 0.3) is 0 Å². The molecule has 3 aromatic carbocycles. The van der Waals surface area contributed by atoms with E-state index in [4.69, 9.17) is 0 Å². The third kappa shape index (κ3) is 6.17. The first-order valence-corrected chi connectivity index (χ1v) is 18.0. The van der Waals surface area contributed by atoms with E-state index in [9.17, 15) is 22.0 Å². The maximum absolute atomic E-state index is 16.1. The third-order valence-electron chi connectivity index (χ3n) is 10.5. The molecule has 0 amide bonds. The van der Waals surface area contributed by atoms with E-state index >= 15 is 43.9 Å². The first-order chi connectivity index (χ1) is 30.0. The molecule has 0 aliphatic carbocycles. The van der Waals surface area contributed by atoms with Crippen molar-refractivity contribution >= 4 is 16.7 Å². The fourth-order valence-corrected chi connectivity index (χ4v) is 7.64. The molecule has 6 heterocycles. The van der Waals surface area contributed by atoms with Gasteiger partial charge in [-0.25, -0.2) is 65.9 Å². The largest absolute Gasteiger partial charge is 0.358 e. The monoisotopic (exact) mass is 889 g/mol. The lowest BCUT2D eigenvalue weighted by Crippen LogP contribution is -2.22. The molecule has 2 aliphatic heterocycles. The van der Waals surface area contributed by atoms with Crippen LogP contribution in [0.15, 0.2) is 78.3 Å². The fraction of sp³-hybridized carbons (Fsp3) is 0.0465. The molecule has 0 saturated heterocycles. The van der Waals surface area contributed by atoms with Crippen molar-refractivity contribution in [1.29, 1.82) is 0 Å². The molecule has 20 heteroatoms. The van der Waals surface area contributed by atoms with Gasteiger partial charge in [0.15, 0.2) is 69.8 Å². The van der Waals surface area contributed by atoms with Crippen molar-refractivity contribution in [2.75, 3.05) is 0 Å². The molecule has 8 bridgehead atoms. The minimum atomic E-state index is -2.59. The Morgan fingerprint density at radius 3 is 1.29 bits per heavy atom. The summed E-state index contributed by atoms with van der Waals surface area (Å²) in [6.07, 6.45) is 1.62. The van der Waals surface area contributed by atoms with Crippen molar-refractivity contribution in [3.05, 3.63) is 221 Å². The highest BCUT2D eigenvalue weighted by atomic mass is 19.2. The standard InChI is InChI=1S/C43H18F15N5/c44-29-26(30(45)36(51)41(56)35(29)50)23-17-6-4-15(60-17)16-5-7-19(61-16)24(27-31(46)37(52)42(57)38(53)32(27)47)21-10-11-22(63(21)13-14-3-1-2-12-59-14)25(20-9-8-18(23)62-20)28-33(48)39(54)43(58)40(55)34(28)49/h1-8,10-12,60-62H,9,13H2. The number of hydrogen-bond donors (Lipinski definition) is 3. The van der Waals surface area contributed by atoms with Gasteiger partial charge in [-0.2, -0.15) is 0 Å². The summed E-state index contributed by atoms with van der Waals surface area (Å²) in [5.41, 5.74) is -9.42. The second kappa shape index (κ2) is 14.9. The van der Waals surface area contributed by atoms with Crippen molar-refractivity contribution in [3.8, 4) is 0 Å². The number of benzene rings is 3. The molecule has 0 spiro atoms. The highest BCUT2D eigenvalue weighted by Gasteiger charge is 2.37. The molecule has 0 unspecified atom stereocenters. The van der Waals surface area contributed by atoms with Gasteiger partial charge < -0.3 is 19.9 Å². The predicted molar refractivity (Wildman–Crippen MR) is 191 cm³/mol. The zero-order valence-corrected chi connectivity index (χ0v) is 30.8. The quantitative estimate of drug-likeness (QED) is 0.0919. The van der Waals surface area contributed by atoms with Crippen molar-refractivity contribution in [2.24, 2.45) is 0 Å². The maximum Gasteiger partial charge on any atom is 0.200 e. The summed E-state index contributed by atoms with van der Waals surface area (Å²) in [7, 11) is 0.